The van der Waals surface area contributed by atoms with Gasteiger partial charge in [0.25, 0.3) is 5.69 Å². The summed E-state index contributed by atoms with van der Waals surface area (Å²) in [5.41, 5.74) is 5.96. The molecule has 0 saturated carbocycles. The Morgan fingerprint density at radius 3 is 2.43 bits per heavy atom. The SMILES string of the molecule is CCC(C)C(NC(=O)C(C)N)C(=O)N1CCCC1C(=O)Nc1ccc([N+](=O)[O-])cc1. The van der Waals surface area contributed by atoms with Gasteiger partial charge in [0.1, 0.15) is 12.1 Å². The molecule has 3 amide bonds. The number of hydrogen-bond acceptors (Lipinski definition) is 6. The summed E-state index contributed by atoms with van der Waals surface area (Å²) >= 11 is 0. The van der Waals surface area contributed by atoms with E-state index in [0.717, 1.165) is 0 Å². The number of anilines is 1. The zero-order chi connectivity index (χ0) is 22.4. The van der Waals surface area contributed by atoms with E-state index in [1.165, 1.54) is 29.2 Å². The van der Waals surface area contributed by atoms with Crippen LogP contribution in [0.3, 0.4) is 0 Å². The molecule has 2 rings (SSSR count). The van der Waals surface area contributed by atoms with Gasteiger partial charge < -0.3 is 21.3 Å². The number of carbonyl (C=O) groups excluding carboxylic acids is 3. The molecule has 1 saturated heterocycles. The number of nitro benzene ring substituents is 1. The summed E-state index contributed by atoms with van der Waals surface area (Å²) in [4.78, 5) is 49.8. The molecule has 1 aromatic rings. The van der Waals surface area contributed by atoms with E-state index in [1.807, 2.05) is 13.8 Å². The Hall–Kier alpha value is -3.01. The average molecular weight is 419 g/mol. The second kappa shape index (κ2) is 10.1. The minimum Gasteiger partial charge on any atom is -0.343 e. The smallest absolute Gasteiger partial charge is 0.269 e. The summed E-state index contributed by atoms with van der Waals surface area (Å²) in [5.74, 6) is -1.21. The molecule has 0 aliphatic carbocycles. The fraction of sp³-hybridized carbons (Fsp3) is 0.550. The Kier molecular flexibility index (Phi) is 7.87. The quantitative estimate of drug-likeness (QED) is 0.428. The molecule has 4 unspecified atom stereocenters. The number of likely N-dealkylation sites (tertiary alicyclic amines) is 1. The van der Waals surface area contributed by atoms with Crippen LogP contribution in [0.2, 0.25) is 0 Å². The third kappa shape index (κ3) is 5.53. The molecule has 4 N–H and O–H groups in total. The maximum Gasteiger partial charge on any atom is 0.269 e. The van der Waals surface area contributed by atoms with Crippen molar-refractivity contribution in [3.63, 3.8) is 0 Å². The van der Waals surface area contributed by atoms with Crippen molar-refractivity contribution in [1.82, 2.24) is 10.2 Å². The van der Waals surface area contributed by atoms with Crippen LogP contribution in [0, 0.1) is 16.0 Å². The van der Waals surface area contributed by atoms with Crippen molar-refractivity contribution in [2.24, 2.45) is 11.7 Å². The minimum absolute atomic E-state index is 0.0769. The van der Waals surface area contributed by atoms with E-state index in [2.05, 4.69) is 10.6 Å². The summed E-state index contributed by atoms with van der Waals surface area (Å²) in [6.45, 7) is 5.75. The lowest BCUT2D eigenvalue weighted by Crippen LogP contribution is -2.56. The van der Waals surface area contributed by atoms with Gasteiger partial charge in [-0.2, -0.15) is 0 Å². The van der Waals surface area contributed by atoms with Crippen LogP contribution in [0.1, 0.15) is 40.0 Å². The van der Waals surface area contributed by atoms with Crippen molar-refractivity contribution in [2.75, 3.05) is 11.9 Å². The van der Waals surface area contributed by atoms with Gasteiger partial charge in [-0.25, -0.2) is 0 Å². The number of nitro groups is 1. The summed E-state index contributed by atoms with van der Waals surface area (Å²) < 4.78 is 0. The first-order valence-electron chi connectivity index (χ1n) is 10.1. The van der Waals surface area contributed by atoms with E-state index in [1.54, 1.807) is 6.92 Å². The molecule has 10 nitrogen and oxygen atoms in total. The first-order chi connectivity index (χ1) is 14.1. The van der Waals surface area contributed by atoms with Gasteiger partial charge in [-0.3, -0.25) is 24.5 Å². The second-order valence-electron chi connectivity index (χ2n) is 7.64. The zero-order valence-corrected chi connectivity index (χ0v) is 17.5. The zero-order valence-electron chi connectivity index (χ0n) is 17.5. The number of nitrogens with zero attached hydrogens (tertiary/aromatic N) is 2. The van der Waals surface area contributed by atoms with Gasteiger partial charge in [-0.05, 0) is 37.8 Å². The highest BCUT2D eigenvalue weighted by molar-refractivity contribution is 5.99. The molecule has 1 fully saturated rings. The third-order valence-corrected chi connectivity index (χ3v) is 5.37. The molecule has 164 valence electrons. The van der Waals surface area contributed by atoms with Crippen LogP contribution in [-0.4, -0.2) is 52.2 Å². The van der Waals surface area contributed by atoms with E-state index < -0.39 is 29.0 Å². The Bertz CT molecular complexity index is 795. The van der Waals surface area contributed by atoms with Crippen LogP contribution in [0.4, 0.5) is 11.4 Å². The van der Waals surface area contributed by atoms with Crippen LogP contribution in [0.25, 0.3) is 0 Å². The number of nitrogens with one attached hydrogen (secondary N) is 2. The van der Waals surface area contributed by atoms with Crippen molar-refractivity contribution in [1.29, 1.82) is 0 Å². The first kappa shape index (κ1) is 23.3. The topological polar surface area (TPSA) is 148 Å². The lowest BCUT2D eigenvalue weighted by atomic mass is 9.97. The average Bonchev–Trinajstić information content (AvgIpc) is 3.21. The lowest BCUT2D eigenvalue weighted by molar-refractivity contribution is -0.384. The highest BCUT2D eigenvalue weighted by Crippen LogP contribution is 2.23. The van der Waals surface area contributed by atoms with Crippen LogP contribution < -0.4 is 16.4 Å². The first-order valence-corrected chi connectivity index (χ1v) is 10.1. The monoisotopic (exact) mass is 419 g/mol. The lowest BCUT2D eigenvalue weighted by Gasteiger charge is -2.31. The highest BCUT2D eigenvalue weighted by Gasteiger charge is 2.39. The fourth-order valence-electron chi connectivity index (χ4n) is 3.34. The molecule has 30 heavy (non-hydrogen) atoms. The number of amides is 3. The van der Waals surface area contributed by atoms with Gasteiger partial charge in [0.05, 0.1) is 11.0 Å². The van der Waals surface area contributed by atoms with Gasteiger partial charge in [-0.1, -0.05) is 20.3 Å². The maximum absolute atomic E-state index is 13.2. The number of non-ortho nitro benzene ring substituents is 1. The Morgan fingerprint density at radius 2 is 1.90 bits per heavy atom. The maximum atomic E-state index is 13.2. The third-order valence-electron chi connectivity index (χ3n) is 5.37. The second-order valence-corrected chi connectivity index (χ2v) is 7.64. The highest BCUT2D eigenvalue weighted by atomic mass is 16.6. The Balaban J connectivity index is 2.13. The summed E-state index contributed by atoms with van der Waals surface area (Å²) in [6.07, 6.45) is 1.83. The van der Waals surface area contributed by atoms with Crippen molar-refractivity contribution in [3.8, 4) is 0 Å². The molecule has 1 heterocycles. The van der Waals surface area contributed by atoms with Gasteiger partial charge in [0, 0.05) is 24.4 Å². The molecular weight excluding hydrogens is 390 g/mol. The van der Waals surface area contributed by atoms with Gasteiger partial charge in [-0.15, -0.1) is 0 Å². The molecule has 1 aliphatic heterocycles. The predicted molar refractivity (Wildman–Crippen MR) is 111 cm³/mol. The summed E-state index contributed by atoms with van der Waals surface area (Å²) in [6, 6.07) is 3.31. The number of nitrogens with two attached hydrogens (primary N) is 1. The van der Waals surface area contributed by atoms with Crippen LogP contribution in [0.15, 0.2) is 24.3 Å². The fourth-order valence-corrected chi connectivity index (χ4v) is 3.34. The number of rotatable bonds is 8. The van der Waals surface area contributed by atoms with E-state index in [4.69, 9.17) is 5.73 Å². The van der Waals surface area contributed by atoms with Gasteiger partial charge >= 0.3 is 0 Å². The number of hydrogen-bond donors (Lipinski definition) is 3. The molecule has 10 heteroatoms. The van der Waals surface area contributed by atoms with Gasteiger partial charge in [0.2, 0.25) is 17.7 Å². The molecular formula is C20H29N5O5. The molecule has 0 aromatic heterocycles. The van der Waals surface area contributed by atoms with Crippen molar-refractivity contribution in [2.45, 2.75) is 58.2 Å². The van der Waals surface area contributed by atoms with Crippen molar-refractivity contribution in [3.05, 3.63) is 34.4 Å². The summed E-state index contributed by atoms with van der Waals surface area (Å²) in [7, 11) is 0. The van der Waals surface area contributed by atoms with E-state index in [0.29, 0.717) is 31.5 Å². The molecule has 1 aromatic carbocycles. The predicted octanol–water partition coefficient (Wildman–Crippen LogP) is 1.40. The van der Waals surface area contributed by atoms with E-state index in [-0.39, 0.29) is 23.4 Å². The van der Waals surface area contributed by atoms with Crippen LogP contribution >= 0.6 is 0 Å². The van der Waals surface area contributed by atoms with Crippen molar-refractivity contribution < 1.29 is 19.3 Å². The summed E-state index contributed by atoms with van der Waals surface area (Å²) in [5, 5.41) is 16.2. The Morgan fingerprint density at radius 1 is 1.27 bits per heavy atom. The number of carbonyl (C=O) groups is 3. The largest absolute Gasteiger partial charge is 0.343 e. The minimum atomic E-state index is -0.763. The molecule has 0 spiro atoms. The molecule has 0 bridgehead atoms. The van der Waals surface area contributed by atoms with Crippen molar-refractivity contribution >= 4 is 29.1 Å². The Labute approximate surface area is 175 Å². The van der Waals surface area contributed by atoms with Gasteiger partial charge in [0.15, 0.2) is 0 Å². The van der Waals surface area contributed by atoms with Crippen LogP contribution in [0.5, 0.6) is 0 Å². The molecule has 0 radical (unpaired) electrons. The molecule has 4 atom stereocenters. The normalized spacial score (nSPS) is 18.9. The van der Waals surface area contributed by atoms with E-state index in [9.17, 15) is 24.5 Å². The standard InChI is InChI=1S/C20H29N5O5/c1-4-12(2)17(23-18(26)13(3)21)20(28)24-11-5-6-16(24)19(27)22-14-7-9-15(10-8-14)25(29)30/h7-10,12-13,16-17H,4-6,11,21H2,1-3H3,(H,22,27)(H,23,26). The number of benzene rings is 1. The molecule has 1 aliphatic rings. The van der Waals surface area contributed by atoms with E-state index >= 15 is 0 Å². The van der Waals surface area contributed by atoms with Crippen LogP contribution in [-0.2, 0) is 14.4 Å².